The molecule has 0 bridgehead atoms. The number of unbranched alkanes of at least 4 members (excludes halogenated alkanes) is 28. The first-order chi connectivity index (χ1) is 29.6. The van der Waals surface area contributed by atoms with Crippen LogP contribution in [0, 0.1) is 0 Å². The number of carbonyl (C=O) groups is 2. The second-order valence-electron chi connectivity index (χ2n) is 18.2. The molecule has 61 heavy (non-hydrogen) atoms. The molecule has 0 aromatic rings. The molecule has 1 saturated heterocycles. The molecule has 0 aromatic carbocycles. The summed E-state index contributed by atoms with van der Waals surface area (Å²) in [6.07, 6.45) is 33.6. The van der Waals surface area contributed by atoms with E-state index in [0.717, 1.165) is 44.9 Å². The number of ether oxygens (including phenoxy) is 2. The van der Waals surface area contributed by atoms with Gasteiger partial charge in [-0.3, -0.25) is 9.59 Å². The van der Waals surface area contributed by atoms with Gasteiger partial charge in [-0.15, -0.1) is 0 Å². The summed E-state index contributed by atoms with van der Waals surface area (Å²) in [5.41, 5.74) is 0. The van der Waals surface area contributed by atoms with Crippen LogP contribution in [-0.2, 0) is 19.1 Å². The minimum absolute atomic E-state index is 0.113. The maximum atomic E-state index is 13.1. The van der Waals surface area contributed by atoms with Gasteiger partial charge in [0, 0.05) is 19.9 Å². The van der Waals surface area contributed by atoms with Gasteiger partial charge in [0.1, 0.15) is 30.5 Å². The van der Waals surface area contributed by atoms with E-state index < -0.39 is 49.0 Å². The smallest absolute Gasteiger partial charge is 0.220 e. The van der Waals surface area contributed by atoms with E-state index in [1.54, 1.807) is 0 Å². The Labute approximate surface area is 373 Å². The Balaban J connectivity index is 2.41. The van der Waals surface area contributed by atoms with Gasteiger partial charge in [-0.25, -0.2) is 0 Å². The van der Waals surface area contributed by atoms with E-state index in [1.165, 1.54) is 155 Å². The lowest BCUT2D eigenvalue weighted by Gasteiger charge is -2.41. The molecule has 11 nitrogen and oxygen atoms in total. The minimum Gasteiger partial charge on any atom is -0.390 e. The number of nitrogens with one attached hydrogen (secondary N) is 2. The number of aliphatic hydroxyl groups excluding tert-OH is 5. The summed E-state index contributed by atoms with van der Waals surface area (Å²) in [7, 11) is 0. The third kappa shape index (κ3) is 31.0. The lowest BCUT2D eigenvalue weighted by molar-refractivity contribution is -0.297. The van der Waals surface area contributed by atoms with Gasteiger partial charge in [0.25, 0.3) is 0 Å². The molecule has 1 aliphatic rings. The molecule has 1 heterocycles. The van der Waals surface area contributed by atoms with E-state index in [2.05, 4.69) is 36.6 Å². The molecule has 0 radical (unpaired) electrons. The molecule has 2 amide bonds. The maximum absolute atomic E-state index is 13.1. The summed E-state index contributed by atoms with van der Waals surface area (Å²) in [6.45, 7) is 5.39. The predicted octanol–water partition coefficient (Wildman–Crippen LogP) is 9.62. The number of rotatable bonds is 42. The monoisotopic (exact) mass is 869 g/mol. The van der Waals surface area contributed by atoms with Crippen molar-refractivity contribution in [2.45, 2.75) is 282 Å². The van der Waals surface area contributed by atoms with Crippen molar-refractivity contribution < 1.29 is 44.6 Å². The summed E-state index contributed by atoms with van der Waals surface area (Å²) >= 11 is 0. The summed E-state index contributed by atoms with van der Waals surface area (Å²) in [4.78, 5) is 24.6. The van der Waals surface area contributed by atoms with Gasteiger partial charge < -0.3 is 45.6 Å². The molecular weight excluding hydrogens is 773 g/mol. The molecule has 0 unspecified atom stereocenters. The normalized spacial score (nSPS) is 20.8. The van der Waals surface area contributed by atoms with Crippen molar-refractivity contribution in [3.05, 3.63) is 12.2 Å². The van der Waals surface area contributed by atoms with Crippen molar-refractivity contribution in [1.29, 1.82) is 0 Å². The Kier molecular flexibility index (Phi) is 37.6. The second-order valence-corrected chi connectivity index (χ2v) is 18.2. The van der Waals surface area contributed by atoms with Crippen LogP contribution in [0.25, 0.3) is 0 Å². The number of allylic oxidation sites excluding steroid dienone is 2. The van der Waals surface area contributed by atoms with Crippen LogP contribution in [0.4, 0.5) is 0 Å². The molecule has 1 aliphatic heterocycles. The van der Waals surface area contributed by atoms with Crippen molar-refractivity contribution >= 4 is 11.8 Å². The average molecular weight is 869 g/mol. The van der Waals surface area contributed by atoms with E-state index in [0.29, 0.717) is 12.8 Å². The highest BCUT2D eigenvalue weighted by Gasteiger charge is 2.45. The summed E-state index contributed by atoms with van der Waals surface area (Å²) in [5.74, 6) is -0.613. The van der Waals surface area contributed by atoms with Crippen LogP contribution in [0.15, 0.2) is 12.2 Å². The topological polar surface area (TPSA) is 178 Å². The van der Waals surface area contributed by atoms with Gasteiger partial charge in [0.2, 0.25) is 11.8 Å². The molecule has 360 valence electrons. The summed E-state index contributed by atoms with van der Waals surface area (Å²) in [5, 5.41) is 59.1. The molecule has 1 fully saturated rings. The molecule has 7 N–H and O–H groups in total. The number of hydrogen-bond acceptors (Lipinski definition) is 9. The van der Waals surface area contributed by atoms with Crippen LogP contribution in [-0.4, -0.2) is 99.5 Å². The van der Waals surface area contributed by atoms with Crippen LogP contribution in [0.2, 0.25) is 0 Å². The van der Waals surface area contributed by atoms with Gasteiger partial charge in [-0.05, 0) is 38.5 Å². The van der Waals surface area contributed by atoms with Crippen molar-refractivity contribution in [1.82, 2.24) is 10.6 Å². The quantitative estimate of drug-likeness (QED) is 0.0233. The molecule has 8 atom stereocenters. The molecule has 0 aliphatic carbocycles. The number of amides is 2. The predicted molar refractivity (Wildman–Crippen MR) is 248 cm³/mol. The number of aliphatic hydroxyl groups is 5. The van der Waals surface area contributed by atoms with E-state index >= 15 is 0 Å². The molecule has 1 rings (SSSR count). The van der Waals surface area contributed by atoms with Gasteiger partial charge in [-0.1, -0.05) is 193 Å². The van der Waals surface area contributed by atoms with E-state index in [9.17, 15) is 35.1 Å². The largest absolute Gasteiger partial charge is 0.390 e. The first kappa shape index (κ1) is 57.4. The highest BCUT2D eigenvalue weighted by atomic mass is 16.7. The summed E-state index contributed by atoms with van der Waals surface area (Å²) < 4.78 is 11.5. The zero-order chi connectivity index (χ0) is 44.8. The zero-order valence-electron chi connectivity index (χ0n) is 39.4. The third-order valence-electron chi connectivity index (χ3n) is 12.3. The molecular formula is C50H96N2O9. The lowest BCUT2D eigenvalue weighted by Crippen LogP contribution is -2.61. The Bertz CT molecular complexity index is 1050. The fraction of sp³-hybridized carbons (Fsp3) is 0.920. The summed E-state index contributed by atoms with van der Waals surface area (Å²) in [6, 6.07) is -1.00. The van der Waals surface area contributed by atoms with Gasteiger partial charge >= 0.3 is 0 Å². The van der Waals surface area contributed by atoms with Gasteiger partial charge in [0.05, 0.1) is 18.8 Å². The number of hydrogen-bond donors (Lipinski definition) is 7. The minimum atomic E-state index is -1.61. The van der Waals surface area contributed by atoms with Crippen molar-refractivity contribution in [2.24, 2.45) is 0 Å². The van der Waals surface area contributed by atoms with Crippen LogP contribution in [0.5, 0.6) is 0 Å². The van der Waals surface area contributed by atoms with Crippen LogP contribution >= 0.6 is 0 Å². The Hall–Kier alpha value is -1.60. The molecule has 0 saturated carbocycles. The first-order valence-corrected chi connectivity index (χ1v) is 25.5. The fourth-order valence-corrected chi connectivity index (χ4v) is 8.22. The van der Waals surface area contributed by atoms with E-state index in [4.69, 9.17) is 9.47 Å². The highest BCUT2D eigenvalue weighted by Crippen LogP contribution is 2.23. The lowest BCUT2D eigenvalue weighted by atomic mass is 9.98. The maximum Gasteiger partial charge on any atom is 0.220 e. The first-order valence-electron chi connectivity index (χ1n) is 25.5. The Morgan fingerprint density at radius 2 is 1.02 bits per heavy atom. The highest BCUT2D eigenvalue weighted by molar-refractivity contribution is 5.76. The zero-order valence-corrected chi connectivity index (χ0v) is 39.4. The Morgan fingerprint density at radius 1 is 0.590 bits per heavy atom. The standard InChI is InChI=1S/C50H96N2O9/c1-4-6-8-10-12-14-16-18-19-20-21-22-23-24-25-26-28-30-32-34-36-38-45(55)52-42(40-60-50-49(59)48(58)47(57)44(61-50)39-51-41(3)53)46(56)43(54)37-35-33-31-29-27-17-15-13-11-9-7-5-2/h18-19,42-44,46-50,54,56-59H,4-17,20-40H2,1-3H3,(H,51,53)(H,52,55)/b19-18-/t42-,43+,44+,46-,47-,48-,49+,50-/m0/s1. The van der Waals surface area contributed by atoms with Crippen LogP contribution < -0.4 is 10.6 Å². The molecule has 11 heteroatoms. The van der Waals surface area contributed by atoms with Crippen molar-refractivity contribution in [3.63, 3.8) is 0 Å². The van der Waals surface area contributed by atoms with Crippen LogP contribution in [0.1, 0.15) is 233 Å². The van der Waals surface area contributed by atoms with Crippen molar-refractivity contribution in [3.8, 4) is 0 Å². The third-order valence-corrected chi connectivity index (χ3v) is 12.3. The van der Waals surface area contributed by atoms with E-state index in [1.807, 2.05) is 0 Å². The van der Waals surface area contributed by atoms with E-state index in [-0.39, 0.29) is 31.4 Å². The number of carbonyl (C=O) groups excluding carboxylic acids is 2. The Morgan fingerprint density at radius 3 is 1.48 bits per heavy atom. The molecule has 0 aromatic heterocycles. The fourth-order valence-electron chi connectivity index (χ4n) is 8.22. The van der Waals surface area contributed by atoms with Crippen LogP contribution in [0.3, 0.4) is 0 Å². The SMILES string of the molecule is CCCCCCCC/C=C\CCCCCCCCCCCCCC(=O)N[C@@H](CO[C@H]1O[C@H](CNC(C)=O)[C@H](O)[C@H](O)[C@H]1O)[C@H](O)[C@H](O)CCCCCCCCCCCCCC. The van der Waals surface area contributed by atoms with Gasteiger partial charge in [0.15, 0.2) is 6.29 Å². The average Bonchev–Trinajstić information content (AvgIpc) is 3.24. The van der Waals surface area contributed by atoms with Gasteiger partial charge in [-0.2, -0.15) is 0 Å². The second kappa shape index (κ2) is 40.0. The molecule has 0 spiro atoms. The van der Waals surface area contributed by atoms with Crippen molar-refractivity contribution in [2.75, 3.05) is 13.2 Å².